The van der Waals surface area contributed by atoms with E-state index in [0.717, 1.165) is 32.8 Å². The normalized spacial score (nSPS) is 11.6. The van der Waals surface area contributed by atoms with Crippen molar-refractivity contribution >= 4 is 43.1 Å². The number of rotatable bonds is 2. The van der Waals surface area contributed by atoms with Gasteiger partial charge in [0, 0.05) is 1.43 Å². The molecule has 0 bridgehead atoms. The van der Waals surface area contributed by atoms with Gasteiger partial charge in [0.05, 0.1) is 0 Å². The maximum atomic E-state index is 14.8. The van der Waals surface area contributed by atoms with E-state index in [2.05, 4.69) is 109 Å². The quantitative estimate of drug-likeness (QED) is 0.230. The fourth-order valence-electron chi connectivity index (χ4n) is 5.62. The Morgan fingerprint density at radius 2 is 0.800 bits per heavy atom. The van der Waals surface area contributed by atoms with Crippen LogP contribution in [0.25, 0.3) is 65.3 Å². The van der Waals surface area contributed by atoms with Crippen LogP contribution in [-0.2, 0) is 0 Å². The molecule has 7 aromatic rings. The van der Waals surface area contributed by atoms with Gasteiger partial charge in [0.1, 0.15) is 5.82 Å². The molecule has 0 saturated heterocycles. The molecule has 0 fully saturated rings. The Bertz CT molecular complexity index is 1910. The highest BCUT2D eigenvalue weighted by molar-refractivity contribution is 6.25. The second-order valence-electron chi connectivity index (χ2n) is 9.04. The van der Waals surface area contributed by atoms with Crippen molar-refractivity contribution in [2.45, 2.75) is 0 Å². The van der Waals surface area contributed by atoms with Gasteiger partial charge in [-0.3, -0.25) is 0 Å². The number of halogens is 1. The summed E-state index contributed by atoms with van der Waals surface area (Å²) in [4.78, 5) is 0. The summed E-state index contributed by atoms with van der Waals surface area (Å²) in [5, 5.41) is 9.04. The Morgan fingerprint density at radius 1 is 0.371 bits per heavy atom. The van der Waals surface area contributed by atoms with Crippen LogP contribution in [0, 0.1) is 5.82 Å². The molecule has 7 rings (SSSR count). The Morgan fingerprint density at radius 3 is 1.37 bits per heavy atom. The minimum atomic E-state index is -0.224. The molecule has 7 aromatic carbocycles. The van der Waals surface area contributed by atoms with Crippen molar-refractivity contribution in [2.24, 2.45) is 0 Å². The molecule has 166 valence electrons. The van der Waals surface area contributed by atoms with E-state index >= 15 is 0 Å². The second kappa shape index (κ2) is 7.78. The van der Waals surface area contributed by atoms with E-state index in [-0.39, 0.29) is 7.24 Å². The van der Waals surface area contributed by atoms with Crippen LogP contribution in [0.5, 0.6) is 0 Å². The van der Waals surface area contributed by atoms with Crippen molar-refractivity contribution in [3.05, 3.63) is 133 Å². The van der Waals surface area contributed by atoms with Crippen LogP contribution in [0.2, 0.25) is 0 Å². The molecule has 0 unspecified atom stereocenters. The molecule has 0 atom stereocenters. The zero-order valence-corrected chi connectivity index (χ0v) is 19.0. The van der Waals surface area contributed by atoms with Gasteiger partial charge in [-0.1, -0.05) is 115 Å². The third-order valence-corrected chi connectivity index (χ3v) is 7.10. The summed E-state index contributed by atoms with van der Waals surface area (Å²) in [5.41, 5.74) is 4.52. The van der Waals surface area contributed by atoms with E-state index in [0.29, 0.717) is 0 Å². The number of hydrogen-bond donors (Lipinski definition) is 0. The van der Waals surface area contributed by atoms with Gasteiger partial charge in [-0.2, -0.15) is 0 Å². The van der Waals surface area contributed by atoms with Crippen LogP contribution >= 0.6 is 0 Å². The molecular weight excluding hydrogens is 427 g/mol. The maximum Gasteiger partial charge on any atom is 0.123 e. The summed E-state index contributed by atoms with van der Waals surface area (Å²) in [6.45, 7) is 0. The summed E-state index contributed by atoms with van der Waals surface area (Å²) in [6, 6.07) is 43.5. The predicted molar refractivity (Wildman–Crippen MR) is 149 cm³/mol. The second-order valence-corrected chi connectivity index (χ2v) is 9.04. The average Bonchev–Trinajstić information content (AvgIpc) is 2.91. The summed E-state index contributed by atoms with van der Waals surface area (Å²) < 4.78 is 14.8. The number of hydrogen-bond acceptors (Lipinski definition) is 0. The van der Waals surface area contributed by atoms with Crippen molar-refractivity contribution in [3.8, 4) is 22.3 Å². The maximum absolute atomic E-state index is 14.8. The third kappa shape index (κ3) is 3.05. The topological polar surface area (TPSA) is 0 Å². The molecule has 0 saturated carbocycles. The Labute approximate surface area is 204 Å². The lowest BCUT2D eigenvalue weighted by Gasteiger charge is -2.19. The Balaban J connectivity index is 0.00000240. The molecule has 1 heteroatoms. The molecule has 0 heterocycles. The van der Waals surface area contributed by atoms with Gasteiger partial charge in [0.2, 0.25) is 0 Å². The lowest BCUT2D eigenvalue weighted by Crippen LogP contribution is -1.93. The number of fused-ring (bicyclic) bond motifs is 4. The van der Waals surface area contributed by atoms with Gasteiger partial charge in [-0.05, 0) is 77.5 Å². The molecular formula is C34H23F. The zero-order chi connectivity index (χ0) is 23.4. The summed E-state index contributed by atoms with van der Waals surface area (Å²) in [5.74, 6) is -0.224. The number of benzene rings is 7. The summed E-state index contributed by atoms with van der Waals surface area (Å²) in [6.07, 6.45) is 0. The molecule has 0 N–H and O–H groups in total. The molecule has 0 aromatic heterocycles. The van der Waals surface area contributed by atoms with Crippen LogP contribution < -0.4 is 0 Å². The Kier molecular flexibility index (Phi) is 4.43. The van der Waals surface area contributed by atoms with Gasteiger partial charge in [0.15, 0.2) is 0 Å². The van der Waals surface area contributed by atoms with Gasteiger partial charge < -0.3 is 0 Å². The molecule has 0 nitrogen and oxygen atoms in total. The van der Waals surface area contributed by atoms with Crippen LogP contribution in [0.15, 0.2) is 127 Å². The van der Waals surface area contributed by atoms with E-state index in [1.807, 2.05) is 6.07 Å². The van der Waals surface area contributed by atoms with Gasteiger partial charge in [0.25, 0.3) is 0 Å². The zero-order valence-electron chi connectivity index (χ0n) is 19.0. The Hall–Kier alpha value is -4.49. The van der Waals surface area contributed by atoms with Crippen molar-refractivity contribution in [2.75, 3.05) is 0 Å². The van der Waals surface area contributed by atoms with Crippen molar-refractivity contribution < 1.29 is 5.82 Å². The fourth-order valence-corrected chi connectivity index (χ4v) is 5.62. The molecule has 35 heavy (non-hydrogen) atoms. The van der Waals surface area contributed by atoms with Crippen LogP contribution in [0.4, 0.5) is 4.39 Å². The van der Waals surface area contributed by atoms with Crippen molar-refractivity contribution in [1.29, 1.82) is 0 Å². The molecule has 0 radical (unpaired) electrons. The molecule has 0 aliphatic carbocycles. The lowest BCUT2D eigenvalue weighted by molar-refractivity contribution is 0.630. The first-order valence-electron chi connectivity index (χ1n) is 11.9. The van der Waals surface area contributed by atoms with Gasteiger partial charge in [-0.15, -0.1) is 0 Å². The summed E-state index contributed by atoms with van der Waals surface area (Å²) >= 11 is 0. The monoisotopic (exact) mass is 450 g/mol. The average molecular weight is 451 g/mol. The minimum absolute atomic E-state index is 0. The van der Waals surface area contributed by atoms with Crippen LogP contribution in [-0.4, -0.2) is 0 Å². The SMILES string of the molecule is Fc1ccc2c(-c3cccc4ccccc34)c3ccccc3c(-c3cccc4ccccc34)c2c1.[HH]. The molecule has 0 spiro atoms. The van der Waals surface area contributed by atoms with E-state index in [4.69, 9.17) is 0 Å². The van der Waals surface area contributed by atoms with E-state index in [1.165, 1.54) is 32.5 Å². The molecule has 0 amide bonds. The largest absolute Gasteiger partial charge is 0.207 e. The smallest absolute Gasteiger partial charge is 0.123 e. The van der Waals surface area contributed by atoms with Gasteiger partial charge >= 0.3 is 0 Å². The fraction of sp³-hybridized carbons (Fsp3) is 0. The minimum Gasteiger partial charge on any atom is -0.207 e. The van der Waals surface area contributed by atoms with Crippen molar-refractivity contribution in [1.82, 2.24) is 0 Å². The van der Waals surface area contributed by atoms with E-state index < -0.39 is 0 Å². The first-order valence-corrected chi connectivity index (χ1v) is 11.9. The highest BCUT2D eigenvalue weighted by Gasteiger charge is 2.19. The van der Waals surface area contributed by atoms with E-state index in [9.17, 15) is 4.39 Å². The first-order chi connectivity index (χ1) is 17.3. The standard InChI is InChI=1S/C34H21F.H2/c35-24-19-20-31-32(21-24)34(28-18-8-12-23-10-2-4-14-26(23)28)30-16-6-5-15-29(30)33(31)27-17-7-11-22-9-1-3-13-25(22)27;/h1-21H;1H. The molecule has 0 aliphatic heterocycles. The first kappa shape index (κ1) is 19.9. The molecule has 0 aliphatic rings. The lowest BCUT2D eigenvalue weighted by atomic mass is 9.83. The highest BCUT2D eigenvalue weighted by Crippen LogP contribution is 2.46. The summed E-state index contributed by atoms with van der Waals surface area (Å²) in [7, 11) is 0. The van der Waals surface area contributed by atoms with E-state index in [1.54, 1.807) is 12.1 Å². The van der Waals surface area contributed by atoms with Gasteiger partial charge in [-0.25, -0.2) is 4.39 Å². The highest BCUT2D eigenvalue weighted by atomic mass is 19.1. The van der Waals surface area contributed by atoms with Crippen LogP contribution in [0.1, 0.15) is 1.43 Å². The van der Waals surface area contributed by atoms with Crippen LogP contribution in [0.3, 0.4) is 0 Å². The van der Waals surface area contributed by atoms with Crippen molar-refractivity contribution in [3.63, 3.8) is 0 Å². The third-order valence-electron chi connectivity index (χ3n) is 7.10. The predicted octanol–water partition coefficient (Wildman–Crippen LogP) is 10.0.